The van der Waals surface area contributed by atoms with Gasteiger partial charge in [0.1, 0.15) is 0 Å². The second-order valence-corrected chi connectivity index (χ2v) is 6.45. The van der Waals surface area contributed by atoms with E-state index in [2.05, 4.69) is 42.2 Å². The lowest BCUT2D eigenvalue weighted by Crippen LogP contribution is -2.57. The Bertz CT molecular complexity index is 502. The Hall–Kier alpha value is -1.59. The standard InChI is InChI=1S/C18H27N3O2/c1-16-15-21(18(22)20-11-13-23-14-12-20)10-9-19(16)8-7-17-5-3-2-4-6-17/h2-6,16H,7-15H2,1H3. The number of ether oxygens (including phenoxy) is 1. The summed E-state index contributed by atoms with van der Waals surface area (Å²) >= 11 is 0. The summed E-state index contributed by atoms with van der Waals surface area (Å²) in [5, 5.41) is 0. The van der Waals surface area contributed by atoms with Crippen LogP contribution in [0.1, 0.15) is 12.5 Å². The Balaban J connectivity index is 1.48. The number of amides is 2. The lowest BCUT2D eigenvalue weighted by molar-refractivity contribution is 0.0317. The van der Waals surface area contributed by atoms with Gasteiger partial charge in [0.15, 0.2) is 0 Å². The van der Waals surface area contributed by atoms with Crippen molar-refractivity contribution >= 4 is 6.03 Å². The van der Waals surface area contributed by atoms with Crippen LogP contribution in [0.4, 0.5) is 4.79 Å². The average molecular weight is 317 g/mol. The number of morpholine rings is 1. The van der Waals surface area contributed by atoms with E-state index in [0.29, 0.717) is 19.3 Å². The van der Waals surface area contributed by atoms with Crippen molar-refractivity contribution < 1.29 is 9.53 Å². The normalized spacial score (nSPS) is 23.1. The molecule has 2 saturated heterocycles. The summed E-state index contributed by atoms with van der Waals surface area (Å²) in [5.74, 6) is 0. The van der Waals surface area contributed by atoms with Gasteiger partial charge in [-0.2, -0.15) is 0 Å². The first-order chi connectivity index (χ1) is 11.2. The molecule has 5 nitrogen and oxygen atoms in total. The molecule has 0 N–H and O–H groups in total. The van der Waals surface area contributed by atoms with Gasteiger partial charge in [-0.15, -0.1) is 0 Å². The molecule has 23 heavy (non-hydrogen) atoms. The first kappa shape index (κ1) is 16.3. The van der Waals surface area contributed by atoms with E-state index in [0.717, 1.165) is 45.7 Å². The van der Waals surface area contributed by atoms with Crippen molar-refractivity contribution in [3.05, 3.63) is 35.9 Å². The predicted molar refractivity (Wildman–Crippen MR) is 90.5 cm³/mol. The van der Waals surface area contributed by atoms with E-state index in [4.69, 9.17) is 4.74 Å². The fourth-order valence-electron chi connectivity index (χ4n) is 3.37. The van der Waals surface area contributed by atoms with Crippen LogP contribution >= 0.6 is 0 Å². The first-order valence-corrected chi connectivity index (χ1v) is 8.63. The van der Waals surface area contributed by atoms with Gasteiger partial charge in [-0.1, -0.05) is 30.3 Å². The Labute approximate surface area is 138 Å². The van der Waals surface area contributed by atoms with Crippen LogP contribution < -0.4 is 0 Å². The molecule has 0 saturated carbocycles. The maximum absolute atomic E-state index is 12.6. The zero-order valence-corrected chi connectivity index (χ0v) is 14.0. The lowest BCUT2D eigenvalue weighted by Gasteiger charge is -2.42. The van der Waals surface area contributed by atoms with Crippen LogP contribution in [0.25, 0.3) is 0 Å². The summed E-state index contributed by atoms with van der Waals surface area (Å²) in [7, 11) is 0. The largest absolute Gasteiger partial charge is 0.378 e. The summed E-state index contributed by atoms with van der Waals surface area (Å²) < 4.78 is 5.33. The Morgan fingerprint density at radius 1 is 1.09 bits per heavy atom. The summed E-state index contributed by atoms with van der Waals surface area (Å²) in [5.41, 5.74) is 1.38. The van der Waals surface area contributed by atoms with Crippen molar-refractivity contribution in [2.24, 2.45) is 0 Å². The van der Waals surface area contributed by atoms with Gasteiger partial charge < -0.3 is 14.5 Å². The number of hydrogen-bond acceptors (Lipinski definition) is 3. The van der Waals surface area contributed by atoms with Crippen LogP contribution in [-0.2, 0) is 11.2 Å². The number of hydrogen-bond donors (Lipinski definition) is 0. The van der Waals surface area contributed by atoms with Crippen LogP contribution in [0.2, 0.25) is 0 Å². The Morgan fingerprint density at radius 2 is 1.83 bits per heavy atom. The van der Waals surface area contributed by atoms with Gasteiger partial charge in [-0.25, -0.2) is 4.79 Å². The number of carbonyl (C=O) groups is 1. The number of piperazine rings is 1. The number of nitrogens with zero attached hydrogens (tertiary/aromatic N) is 3. The minimum Gasteiger partial charge on any atom is -0.378 e. The van der Waals surface area contributed by atoms with E-state index < -0.39 is 0 Å². The molecule has 3 rings (SSSR count). The smallest absolute Gasteiger partial charge is 0.320 e. The third kappa shape index (κ3) is 4.24. The lowest BCUT2D eigenvalue weighted by atomic mass is 10.1. The van der Waals surface area contributed by atoms with Crippen LogP contribution in [0.3, 0.4) is 0 Å². The van der Waals surface area contributed by atoms with Crippen LogP contribution in [0.15, 0.2) is 30.3 Å². The number of benzene rings is 1. The Morgan fingerprint density at radius 3 is 2.52 bits per heavy atom. The van der Waals surface area contributed by atoms with Crippen LogP contribution in [0, 0.1) is 0 Å². The van der Waals surface area contributed by atoms with Crippen molar-refractivity contribution in [3.8, 4) is 0 Å². The zero-order valence-electron chi connectivity index (χ0n) is 14.0. The van der Waals surface area contributed by atoms with E-state index in [1.165, 1.54) is 5.56 Å². The molecule has 0 bridgehead atoms. The Kier molecular flexibility index (Phi) is 5.51. The summed E-state index contributed by atoms with van der Waals surface area (Å²) in [6, 6.07) is 11.2. The first-order valence-electron chi connectivity index (χ1n) is 8.63. The fourth-order valence-corrected chi connectivity index (χ4v) is 3.37. The molecule has 2 fully saturated rings. The van der Waals surface area contributed by atoms with Gasteiger partial charge in [-0.05, 0) is 18.9 Å². The summed E-state index contributed by atoms with van der Waals surface area (Å²) in [6.45, 7) is 8.68. The minimum absolute atomic E-state index is 0.183. The quantitative estimate of drug-likeness (QED) is 0.851. The van der Waals surface area contributed by atoms with Crippen molar-refractivity contribution in [1.82, 2.24) is 14.7 Å². The molecular formula is C18H27N3O2. The molecule has 2 heterocycles. The highest BCUT2D eigenvalue weighted by Crippen LogP contribution is 2.13. The van der Waals surface area contributed by atoms with Gasteiger partial charge in [-0.3, -0.25) is 4.90 Å². The van der Waals surface area contributed by atoms with E-state index in [-0.39, 0.29) is 6.03 Å². The topological polar surface area (TPSA) is 36.0 Å². The molecule has 2 amide bonds. The molecule has 1 aromatic carbocycles. The maximum Gasteiger partial charge on any atom is 0.320 e. The third-order valence-electron chi connectivity index (χ3n) is 4.85. The molecule has 0 radical (unpaired) electrons. The molecule has 1 unspecified atom stereocenters. The SMILES string of the molecule is CC1CN(C(=O)N2CCOCC2)CCN1CCc1ccccc1. The molecular weight excluding hydrogens is 290 g/mol. The van der Waals surface area contributed by atoms with Crippen molar-refractivity contribution in [3.63, 3.8) is 0 Å². The number of rotatable bonds is 3. The van der Waals surface area contributed by atoms with E-state index in [1.54, 1.807) is 0 Å². The monoisotopic (exact) mass is 317 g/mol. The van der Waals surface area contributed by atoms with Gasteiger partial charge >= 0.3 is 6.03 Å². The van der Waals surface area contributed by atoms with E-state index in [9.17, 15) is 4.79 Å². The molecule has 5 heteroatoms. The predicted octanol–water partition coefficient (Wildman–Crippen LogP) is 1.69. The molecule has 2 aliphatic heterocycles. The van der Waals surface area contributed by atoms with Crippen molar-refractivity contribution in [2.75, 3.05) is 52.5 Å². The van der Waals surface area contributed by atoms with Crippen LogP contribution in [0.5, 0.6) is 0 Å². The van der Waals surface area contributed by atoms with Gasteiger partial charge in [0, 0.05) is 45.3 Å². The van der Waals surface area contributed by atoms with E-state index in [1.807, 2.05) is 9.80 Å². The van der Waals surface area contributed by atoms with Crippen LogP contribution in [-0.4, -0.2) is 79.3 Å². The highest BCUT2D eigenvalue weighted by atomic mass is 16.5. The van der Waals surface area contributed by atoms with E-state index >= 15 is 0 Å². The van der Waals surface area contributed by atoms with Crippen molar-refractivity contribution in [2.45, 2.75) is 19.4 Å². The van der Waals surface area contributed by atoms with Gasteiger partial charge in [0.05, 0.1) is 13.2 Å². The fraction of sp³-hybridized carbons (Fsp3) is 0.611. The minimum atomic E-state index is 0.183. The molecule has 0 spiro atoms. The molecule has 1 atom stereocenters. The highest BCUT2D eigenvalue weighted by molar-refractivity contribution is 5.74. The molecule has 0 aliphatic carbocycles. The second kappa shape index (κ2) is 7.79. The summed E-state index contributed by atoms with van der Waals surface area (Å²) in [4.78, 5) is 19.0. The molecule has 2 aliphatic rings. The average Bonchev–Trinajstić information content (AvgIpc) is 2.61. The van der Waals surface area contributed by atoms with Gasteiger partial charge in [0.25, 0.3) is 0 Å². The zero-order chi connectivity index (χ0) is 16.1. The second-order valence-electron chi connectivity index (χ2n) is 6.45. The maximum atomic E-state index is 12.6. The third-order valence-corrected chi connectivity index (χ3v) is 4.85. The number of carbonyl (C=O) groups excluding carboxylic acids is 1. The molecule has 0 aromatic heterocycles. The van der Waals surface area contributed by atoms with Crippen molar-refractivity contribution in [1.29, 1.82) is 0 Å². The molecule has 1 aromatic rings. The highest BCUT2D eigenvalue weighted by Gasteiger charge is 2.29. The summed E-state index contributed by atoms with van der Waals surface area (Å²) in [6.07, 6.45) is 1.07. The molecule has 126 valence electrons. The van der Waals surface area contributed by atoms with Gasteiger partial charge in [0.2, 0.25) is 0 Å². The number of urea groups is 1.